The summed E-state index contributed by atoms with van der Waals surface area (Å²) in [5.74, 6) is -0.365. The molecule has 11 heteroatoms. The van der Waals surface area contributed by atoms with Crippen molar-refractivity contribution >= 4 is 17.9 Å². The number of aliphatic hydroxyl groups is 1. The van der Waals surface area contributed by atoms with Crippen LogP contribution < -0.4 is 16.1 Å². The normalized spacial score (nSPS) is 15.9. The molecule has 3 amide bonds. The molecule has 50 heavy (non-hydrogen) atoms. The molecule has 0 saturated carbocycles. The van der Waals surface area contributed by atoms with Crippen LogP contribution in [0.15, 0.2) is 83.4 Å². The van der Waals surface area contributed by atoms with Crippen molar-refractivity contribution in [2.24, 2.45) is 5.41 Å². The van der Waals surface area contributed by atoms with E-state index in [1.807, 2.05) is 107 Å². The van der Waals surface area contributed by atoms with Gasteiger partial charge in [-0.05, 0) is 59.9 Å². The fourth-order valence-electron chi connectivity index (χ4n) is 6.56. The molecule has 0 bridgehead atoms. The molecule has 4 N–H and O–H groups in total. The molecule has 3 aromatic carbocycles. The molecule has 1 aliphatic carbocycles. The summed E-state index contributed by atoms with van der Waals surface area (Å²) in [5, 5.41) is 23.8. The predicted molar refractivity (Wildman–Crippen MR) is 189 cm³/mol. The van der Waals surface area contributed by atoms with E-state index in [0.29, 0.717) is 5.76 Å². The highest BCUT2D eigenvalue weighted by Gasteiger charge is 2.42. The van der Waals surface area contributed by atoms with Crippen LogP contribution in [-0.4, -0.2) is 58.5 Å². The number of amides is 3. The first-order valence-electron chi connectivity index (χ1n) is 16.8. The number of carbonyl (C=O) groups excluding carboxylic acids is 3. The topological polar surface area (TPSA) is 146 Å². The third kappa shape index (κ3) is 8.58. The van der Waals surface area contributed by atoms with Gasteiger partial charge < -0.3 is 25.0 Å². The number of methoxy groups -OCH3 is 1. The van der Waals surface area contributed by atoms with Crippen LogP contribution in [0.3, 0.4) is 0 Å². The van der Waals surface area contributed by atoms with Gasteiger partial charge in [-0.1, -0.05) is 105 Å². The average Bonchev–Trinajstić information content (AvgIpc) is 3.65. The molecule has 5 rings (SSSR count). The SMILES string of the molecule is COC(=O)N[C@H](C(=O)NN(Cc1ccc(-c2c(C)noc2C)cc1)C[C@@](O)(Cc1ccccc1)C(=O)N[C@@H]1CCc2ccccc21)C(C)(C)C. The lowest BCUT2D eigenvalue weighted by atomic mass is 9.86. The van der Waals surface area contributed by atoms with Gasteiger partial charge in [0, 0.05) is 18.5 Å². The van der Waals surface area contributed by atoms with E-state index in [-0.39, 0.29) is 25.6 Å². The number of fused-ring (bicyclic) bond motifs is 1. The maximum absolute atomic E-state index is 14.2. The van der Waals surface area contributed by atoms with Gasteiger partial charge in [0.05, 0.1) is 25.4 Å². The summed E-state index contributed by atoms with van der Waals surface area (Å²) in [4.78, 5) is 40.4. The molecular formula is C39H47N5O6. The summed E-state index contributed by atoms with van der Waals surface area (Å²) >= 11 is 0. The summed E-state index contributed by atoms with van der Waals surface area (Å²) < 4.78 is 10.2. The van der Waals surface area contributed by atoms with Gasteiger partial charge in [-0.15, -0.1) is 0 Å². The Labute approximate surface area is 293 Å². The van der Waals surface area contributed by atoms with Gasteiger partial charge in [-0.25, -0.2) is 9.80 Å². The summed E-state index contributed by atoms with van der Waals surface area (Å²) in [6.07, 6.45) is 0.787. The Morgan fingerprint density at radius 2 is 1.66 bits per heavy atom. The highest BCUT2D eigenvalue weighted by molar-refractivity contribution is 5.87. The van der Waals surface area contributed by atoms with Gasteiger partial charge >= 0.3 is 6.09 Å². The molecule has 264 valence electrons. The molecule has 1 aliphatic rings. The molecule has 11 nitrogen and oxygen atoms in total. The largest absolute Gasteiger partial charge is 0.453 e. The van der Waals surface area contributed by atoms with Crippen molar-refractivity contribution in [1.29, 1.82) is 0 Å². The lowest BCUT2D eigenvalue weighted by Gasteiger charge is -2.37. The number of rotatable bonds is 12. The van der Waals surface area contributed by atoms with E-state index in [2.05, 4.69) is 27.3 Å². The maximum atomic E-state index is 14.2. The molecule has 4 aromatic rings. The van der Waals surface area contributed by atoms with Gasteiger partial charge in [0.25, 0.3) is 11.8 Å². The predicted octanol–water partition coefficient (Wildman–Crippen LogP) is 5.34. The van der Waals surface area contributed by atoms with E-state index in [0.717, 1.165) is 46.4 Å². The van der Waals surface area contributed by atoms with Gasteiger partial charge in [-0.2, -0.15) is 0 Å². The molecule has 0 fully saturated rings. The number of ether oxygens (including phenoxy) is 1. The van der Waals surface area contributed by atoms with E-state index < -0.39 is 35.0 Å². The first kappa shape index (κ1) is 36.3. The first-order valence-corrected chi connectivity index (χ1v) is 16.8. The number of hydrazine groups is 1. The zero-order valence-electron chi connectivity index (χ0n) is 29.6. The Balaban J connectivity index is 1.47. The average molecular weight is 682 g/mol. The van der Waals surface area contributed by atoms with Gasteiger partial charge in [0.1, 0.15) is 11.8 Å². The Bertz CT molecular complexity index is 1780. The van der Waals surface area contributed by atoms with Gasteiger partial charge in [0.2, 0.25) is 0 Å². The third-order valence-corrected chi connectivity index (χ3v) is 9.15. The van der Waals surface area contributed by atoms with Crippen molar-refractivity contribution in [3.05, 3.63) is 113 Å². The molecular weight excluding hydrogens is 634 g/mol. The second-order valence-corrected chi connectivity index (χ2v) is 14.1. The number of nitrogens with one attached hydrogen (secondary N) is 3. The second-order valence-electron chi connectivity index (χ2n) is 14.1. The summed E-state index contributed by atoms with van der Waals surface area (Å²) in [6.45, 7) is 9.09. The van der Waals surface area contributed by atoms with Crippen LogP contribution in [-0.2, 0) is 33.7 Å². The second kappa shape index (κ2) is 15.3. The van der Waals surface area contributed by atoms with Crippen molar-refractivity contribution in [3.8, 4) is 11.1 Å². The van der Waals surface area contributed by atoms with E-state index in [4.69, 9.17) is 9.26 Å². The number of nitrogens with zero attached hydrogens (tertiary/aromatic N) is 2. The van der Waals surface area contributed by atoms with E-state index in [1.165, 1.54) is 17.7 Å². The van der Waals surface area contributed by atoms with Crippen LogP contribution in [0.4, 0.5) is 4.79 Å². The Morgan fingerprint density at radius 3 is 2.30 bits per heavy atom. The highest BCUT2D eigenvalue weighted by Crippen LogP contribution is 2.32. The van der Waals surface area contributed by atoms with E-state index in [1.54, 1.807) is 0 Å². The molecule has 0 saturated heterocycles. The van der Waals surface area contributed by atoms with Gasteiger partial charge in [-0.3, -0.25) is 15.0 Å². The molecule has 0 aliphatic heterocycles. The minimum Gasteiger partial charge on any atom is -0.453 e. The number of alkyl carbamates (subject to hydrolysis) is 1. The molecule has 1 aromatic heterocycles. The summed E-state index contributed by atoms with van der Waals surface area (Å²) in [6, 6.07) is 23.8. The zero-order chi connectivity index (χ0) is 36.1. The third-order valence-electron chi connectivity index (χ3n) is 9.15. The quantitative estimate of drug-likeness (QED) is 0.147. The Morgan fingerprint density at radius 1 is 0.980 bits per heavy atom. The van der Waals surface area contributed by atoms with Crippen LogP contribution in [0.5, 0.6) is 0 Å². The Hall–Kier alpha value is -5.00. The van der Waals surface area contributed by atoms with E-state index in [9.17, 15) is 19.5 Å². The maximum Gasteiger partial charge on any atom is 0.407 e. The number of benzene rings is 3. The van der Waals surface area contributed by atoms with Gasteiger partial charge in [0.15, 0.2) is 5.60 Å². The van der Waals surface area contributed by atoms with Crippen LogP contribution >= 0.6 is 0 Å². The minimum atomic E-state index is -1.96. The lowest BCUT2D eigenvalue weighted by molar-refractivity contribution is -0.147. The number of aromatic nitrogens is 1. The smallest absolute Gasteiger partial charge is 0.407 e. The molecule has 3 atom stereocenters. The van der Waals surface area contributed by atoms with E-state index >= 15 is 0 Å². The molecule has 0 unspecified atom stereocenters. The highest BCUT2D eigenvalue weighted by atomic mass is 16.5. The van der Waals surface area contributed by atoms with Crippen molar-refractivity contribution in [1.82, 2.24) is 26.2 Å². The molecule has 0 spiro atoms. The van der Waals surface area contributed by atoms with Crippen LogP contribution in [0.2, 0.25) is 0 Å². The molecule has 1 heterocycles. The zero-order valence-corrected chi connectivity index (χ0v) is 29.6. The van der Waals surface area contributed by atoms with Crippen LogP contribution in [0.25, 0.3) is 11.1 Å². The summed E-state index contributed by atoms with van der Waals surface area (Å²) in [7, 11) is 1.23. The van der Waals surface area contributed by atoms with Crippen LogP contribution in [0.1, 0.15) is 66.9 Å². The van der Waals surface area contributed by atoms with Crippen molar-refractivity contribution in [3.63, 3.8) is 0 Å². The van der Waals surface area contributed by atoms with Crippen LogP contribution in [0, 0.1) is 19.3 Å². The van der Waals surface area contributed by atoms with Crippen molar-refractivity contribution in [2.45, 2.75) is 78.1 Å². The standard InChI is InChI=1S/C39H47N5O6/c1-25-33(26(2)50-43-25)30-18-16-28(17-19-30)23-44(42-35(45)34(38(3,4)5)41-37(47)49-6)24-39(48,22-27-12-8-7-9-13-27)36(46)40-32-21-20-29-14-10-11-15-31(29)32/h7-19,32,34,48H,20-24H2,1-6H3,(H,40,46)(H,41,47)(H,42,45)/t32-,34-,39+/m1/s1. The number of hydrogen-bond acceptors (Lipinski definition) is 8. The fraction of sp³-hybridized carbons (Fsp3) is 0.385. The fourth-order valence-corrected chi connectivity index (χ4v) is 6.56. The minimum absolute atomic E-state index is 0.00545. The first-order chi connectivity index (χ1) is 23.8. The monoisotopic (exact) mass is 681 g/mol. The van der Waals surface area contributed by atoms with Crippen molar-refractivity contribution in [2.75, 3.05) is 13.7 Å². The number of carbonyl (C=O) groups is 3. The number of hydrogen-bond donors (Lipinski definition) is 4. The summed E-state index contributed by atoms with van der Waals surface area (Å²) in [5.41, 5.74) is 6.64. The Kier molecular flexibility index (Phi) is 11.1. The number of aryl methyl sites for hydroxylation is 3. The lowest BCUT2D eigenvalue weighted by Crippen LogP contribution is -2.62. The molecule has 0 radical (unpaired) electrons. The van der Waals surface area contributed by atoms with Crippen molar-refractivity contribution < 1.29 is 28.8 Å².